The standard InChI is InChI=1S/C15H22N4S/c1-9(2)19(8-11-5-6-11)13-12-7-10(3)20-14(12)18-15(16-4)17-13/h7,9,11H,5-6,8H2,1-4H3,(H,16,17,18). The monoisotopic (exact) mass is 290 g/mol. The van der Waals surface area contributed by atoms with Gasteiger partial charge in [-0.1, -0.05) is 0 Å². The third-order valence-corrected chi connectivity index (χ3v) is 4.71. The zero-order valence-corrected chi connectivity index (χ0v) is 13.4. The molecule has 0 amide bonds. The molecule has 1 saturated carbocycles. The van der Waals surface area contributed by atoms with E-state index in [-0.39, 0.29) is 0 Å². The third-order valence-electron chi connectivity index (χ3n) is 3.77. The predicted octanol–water partition coefficient (Wildman–Crippen LogP) is 3.67. The molecule has 0 aromatic carbocycles. The van der Waals surface area contributed by atoms with Crippen LogP contribution in [0, 0.1) is 12.8 Å². The average Bonchev–Trinajstić information content (AvgIpc) is 3.14. The zero-order chi connectivity index (χ0) is 14.3. The Morgan fingerprint density at radius 2 is 2.15 bits per heavy atom. The van der Waals surface area contributed by atoms with E-state index in [0.29, 0.717) is 6.04 Å². The largest absolute Gasteiger partial charge is 0.357 e. The van der Waals surface area contributed by atoms with E-state index in [4.69, 9.17) is 4.98 Å². The molecule has 4 nitrogen and oxygen atoms in total. The van der Waals surface area contributed by atoms with E-state index in [1.165, 1.54) is 23.1 Å². The lowest BCUT2D eigenvalue weighted by Crippen LogP contribution is -2.33. The number of aromatic nitrogens is 2. The lowest BCUT2D eigenvalue weighted by Gasteiger charge is -2.28. The second-order valence-electron chi connectivity index (χ2n) is 5.89. The van der Waals surface area contributed by atoms with Gasteiger partial charge >= 0.3 is 0 Å². The molecule has 0 spiro atoms. The molecule has 1 aliphatic carbocycles. The summed E-state index contributed by atoms with van der Waals surface area (Å²) in [7, 11) is 1.88. The Kier molecular flexibility index (Phi) is 3.54. The molecule has 0 saturated heterocycles. The topological polar surface area (TPSA) is 41.1 Å². The van der Waals surface area contributed by atoms with Crippen LogP contribution in [0.5, 0.6) is 0 Å². The van der Waals surface area contributed by atoms with Gasteiger partial charge in [0.25, 0.3) is 0 Å². The molecule has 1 N–H and O–H groups in total. The van der Waals surface area contributed by atoms with Crippen LogP contribution in [0.15, 0.2) is 6.07 Å². The summed E-state index contributed by atoms with van der Waals surface area (Å²) in [6, 6.07) is 2.68. The van der Waals surface area contributed by atoms with Crippen LogP contribution in [0.25, 0.3) is 10.2 Å². The van der Waals surface area contributed by atoms with Gasteiger partial charge < -0.3 is 10.2 Å². The van der Waals surface area contributed by atoms with Crippen LogP contribution in [0.1, 0.15) is 31.6 Å². The number of hydrogen-bond donors (Lipinski definition) is 1. The summed E-state index contributed by atoms with van der Waals surface area (Å²) in [6.45, 7) is 7.74. The molecule has 0 unspecified atom stereocenters. The van der Waals surface area contributed by atoms with Gasteiger partial charge in [-0.3, -0.25) is 0 Å². The van der Waals surface area contributed by atoms with Crippen LogP contribution < -0.4 is 10.2 Å². The zero-order valence-electron chi connectivity index (χ0n) is 12.6. The molecule has 108 valence electrons. The minimum absolute atomic E-state index is 0.457. The Labute approximate surface area is 124 Å². The van der Waals surface area contributed by atoms with Crippen molar-refractivity contribution in [1.29, 1.82) is 0 Å². The summed E-state index contributed by atoms with van der Waals surface area (Å²) >= 11 is 1.74. The van der Waals surface area contributed by atoms with Crippen LogP contribution in [0.4, 0.5) is 11.8 Å². The van der Waals surface area contributed by atoms with Crippen molar-refractivity contribution in [2.24, 2.45) is 5.92 Å². The van der Waals surface area contributed by atoms with E-state index in [1.807, 2.05) is 7.05 Å². The van der Waals surface area contributed by atoms with E-state index < -0.39 is 0 Å². The van der Waals surface area contributed by atoms with Gasteiger partial charge in [0.2, 0.25) is 5.95 Å². The average molecular weight is 290 g/mol. The third kappa shape index (κ3) is 2.59. The van der Waals surface area contributed by atoms with Gasteiger partial charge in [0.05, 0.1) is 5.39 Å². The molecule has 2 heterocycles. The van der Waals surface area contributed by atoms with Crippen molar-refractivity contribution >= 4 is 33.3 Å². The van der Waals surface area contributed by atoms with E-state index in [0.717, 1.165) is 29.1 Å². The summed E-state index contributed by atoms with van der Waals surface area (Å²) in [6.07, 6.45) is 2.72. The van der Waals surface area contributed by atoms with Gasteiger partial charge in [0.1, 0.15) is 10.6 Å². The van der Waals surface area contributed by atoms with E-state index in [2.05, 4.69) is 42.0 Å². The first kappa shape index (κ1) is 13.6. The molecule has 20 heavy (non-hydrogen) atoms. The van der Waals surface area contributed by atoms with Crippen molar-refractivity contribution in [3.63, 3.8) is 0 Å². The van der Waals surface area contributed by atoms with Gasteiger partial charge in [-0.25, -0.2) is 4.98 Å². The molecule has 2 aromatic rings. The smallest absolute Gasteiger partial charge is 0.225 e. The minimum atomic E-state index is 0.457. The van der Waals surface area contributed by atoms with E-state index >= 15 is 0 Å². The maximum atomic E-state index is 4.75. The predicted molar refractivity (Wildman–Crippen MR) is 86.9 cm³/mol. The van der Waals surface area contributed by atoms with Crippen molar-refractivity contribution in [2.75, 3.05) is 23.8 Å². The number of nitrogens with one attached hydrogen (secondary N) is 1. The molecule has 1 aliphatic rings. The Hall–Kier alpha value is -1.36. The fourth-order valence-corrected chi connectivity index (χ4v) is 3.35. The number of aryl methyl sites for hydroxylation is 1. The van der Waals surface area contributed by atoms with E-state index in [1.54, 1.807) is 11.3 Å². The first-order chi connectivity index (χ1) is 9.58. The molecule has 2 aromatic heterocycles. The Morgan fingerprint density at radius 1 is 1.40 bits per heavy atom. The fraction of sp³-hybridized carbons (Fsp3) is 0.600. The highest BCUT2D eigenvalue weighted by atomic mass is 32.1. The lowest BCUT2D eigenvalue weighted by atomic mass is 10.2. The molecule has 3 rings (SSSR count). The SMILES string of the molecule is CNc1nc(N(CC2CC2)C(C)C)c2cc(C)sc2n1. The molecule has 5 heteroatoms. The fourth-order valence-electron chi connectivity index (χ4n) is 2.48. The van der Waals surface area contributed by atoms with Gasteiger partial charge in [-0.2, -0.15) is 4.98 Å². The number of anilines is 2. The summed E-state index contributed by atoms with van der Waals surface area (Å²) in [5.74, 6) is 2.65. The van der Waals surface area contributed by atoms with Crippen LogP contribution in [-0.2, 0) is 0 Å². The molecule has 0 aliphatic heterocycles. The van der Waals surface area contributed by atoms with Gasteiger partial charge in [-0.05, 0) is 45.6 Å². The molecular formula is C15H22N4S. The maximum absolute atomic E-state index is 4.75. The van der Waals surface area contributed by atoms with Crippen LogP contribution in [0.3, 0.4) is 0 Å². The first-order valence-corrected chi connectivity index (χ1v) is 8.12. The van der Waals surface area contributed by atoms with Gasteiger partial charge in [-0.15, -0.1) is 11.3 Å². The first-order valence-electron chi connectivity index (χ1n) is 7.31. The van der Waals surface area contributed by atoms with Crippen molar-refractivity contribution in [2.45, 2.75) is 39.7 Å². The number of rotatable bonds is 5. The highest BCUT2D eigenvalue weighted by molar-refractivity contribution is 7.18. The number of nitrogens with zero attached hydrogens (tertiary/aromatic N) is 3. The molecule has 0 atom stereocenters. The normalized spacial score (nSPS) is 15.1. The number of fused-ring (bicyclic) bond motifs is 1. The molecular weight excluding hydrogens is 268 g/mol. The van der Waals surface area contributed by atoms with Crippen molar-refractivity contribution < 1.29 is 0 Å². The second-order valence-corrected chi connectivity index (χ2v) is 7.12. The Balaban J connectivity index is 2.10. The highest BCUT2D eigenvalue weighted by Crippen LogP contribution is 2.36. The minimum Gasteiger partial charge on any atom is -0.357 e. The molecule has 0 radical (unpaired) electrons. The maximum Gasteiger partial charge on any atom is 0.225 e. The second kappa shape index (κ2) is 5.20. The van der Waals surface area contributed by atoms with Crippen LogP contribution in [-0.4, -0.2) is 29.6 Å². The van der Waals surface area contributed by atoms with Crippen molar-refractivity contribution in [3.8, 4) is 0 Å². The van der Waals surface area contributed by atoms with Crippen LogP contribution in [0.2, 0.25) is 0 Å². The molecule has 1 fully saturated rings. The molecule has 0 bridgehead atoms. The Morgan fingerprint density at radius 3 is 2.75 bits per heavy atom. The highest BCUT2D eigenvalue weighted by Gasteiger charge is 2.27. The summed E-state index contributed by atoms with van der Waals surface area (Å²) in [4.78, 5) is 14.1. The van der Waals surface area contributed by atoms with E-state index in [9.17, 15) is 0 Å². The van der Waals surface area contributed by atoms with Crippen molar-refractivity contribution in [3.05, 3.63) is 10.9 Å². The summed E-state index contributed by atoms with van der Waals surface area (Å²) in [5, 5.41) is 4.28. The number of thiophene rings is 1. The Bertz CT molecular complexity index is 616. The number of hydrogen-bond acceptors (Lipinski definition) is 5. The quantitative estimate of drug-likeness (QED) is 0.912. The summed E-state index contributed by atoms with van der Waals surface area (Å²) < 4.78 is 0. The van der Waals surface area contributed by atoms with Gasteiger partial charge in [0, 0.05) is 24.5 Å². The van der Waals surface area contributed by atoms with Crippen LogP contribution >= 0.6 is 11.3 Å². The summed E-state index contributed by atoms with van der Waals surface area (Å²) in [5.41, 5.74) is 0. The van der Waals surface area contributed by atoms with Gasteiger partial charge in [0.15, 0.2) is 0 Å². The lowest BCUT2D eigenvalue weighted by molar-refractivity contribution is 0.639. The van der Waals surface area contributed by atoms with Crippen molar-refractivity contribution in [1.82, 2.24) is 9.97 Å².